The maximum Gasteiger partial charge on any atom is 0.0602 e. The number of hydrogen-bond donors (Lipinski definition) is 0. The van der Waals surface area contributed by atoms with Crippen molar-refractivity contribution in [3.63, 3.8) is 0 Å². The van der Waals surface area contributed by atoms with Crippen LogP contribution in [0.3, 0.4) is 0 Å². The minimum absolute atomic E-state index is 0. The Bertz CT molecular complexity index is 1030. The van der Waals surface area contributed by atoms with Gasteiger partial charge >= 0.3 is 0 Å². The summed E-state index contributed by atoms with van der Waals surface area (Å²) in [6.45, 7) is -2.86. The van der Waals surface area contributed by atoms with Gasteiger partial charge in [0.1, 0.15) is 0 Å². The maximum atomic E-state index is 8.69. The average molecular weight is 504 g/mol. The molecular formula is C21H23IrN2-. The summed E-state index contributed by atoms with van der Waals surface area (Å²) < 4.78 is 66.4. The van der Waals surface area contributed by atoms with Crippen LogP contribution in [0.15, 0.2) is 54.9 Å². The Balaban J connectivity index is 0.00000363. The molecule has 0 saturated carbocycles. The van der Waals surface area contributed by atoms with Gasteiger partial charge < -0.3 is 4.57 Å². The van der Waals surface area contributed by atoms with E-state index in [1.165, 1.54) is 38.2 Å². The van der Waals surface area contributed by atoms with Crippen molar-refractivity contribution in [2.75, 3.05) is 0 Å². The van der Waals surface area contributed by atoms with Gasteiger partial charge in [-0.2, -0.15) is 0 Å². The summed E-state index contributed by atoms with van der Waals surface area (Å²) >= 11 is 0. The molecule has 0 N–H and O–H groups in total. The van der Waals surface area contributed by atoms with Gasteiger partial charge in [-0.1, -0.05) is 45.8 Å². The first-order valence-corrected chi connectivity index (χ1v) is 7.34. The minimum atomic E-state index is -2.70. The molecule has 2 nitrogen and oxygen atoms in total. The van der Waals surface area contributed by atoms with Gasteiger partial charge in [0.25, 0.3) is 0 Å². The van der Waals surface area contributed by atoms with Gasteiger partial charge in [-0.15, -0.1) is 35.9 Å². The zero-order valence-corrected chi connectivity index (χ0v) is 15.8. The molecule has 0 aliphatic heterocycles. The Kier molecular flexibility index (Phi) is 3.41. The fraction of sp³-hybridized carbons (Fsp3) is 0.286. The third-order valence-corrected chi connectivity index (χ3v) is 3.68. The van der Waals surface area contributed by atoms with Gasteiger partial charge in [-0.3, -0.25) is 4.98 Å². The third kappa shape index (κ3) is 3.53. The van der Waals surface area contributed by atoms with Gasteiger partial charge in [0.2, 0.25) is 0 Å². The van der Waals surface area contributed by atoms with E-state index >= 15 is 0 Å². The number of aromatic nitrogens is 2. The second kappa shape index (κ2) is 7.92. The number of imidazole rings is 1. The van der Waals surface area contributed by atoms with Gasteiger partial charge in [0.05, 0.1) is 5.82 Å². The Morgan fingerprint density at radius 2 is 1.79 bits per heavy atom. The largest absolute Gasteiger partial charge is 0.340 e. The van der Waals surface area contributed by atoms with Crippen molar-refractivity contribution in [3.8, 4) is 17.1 Å². The molecule has 1 radical (unpaired) electrons. The minimum Gasteiger partial charge on any atom is -0.340 e. The Hall–Kier alpha value is -1.70. The maximum absolute atomic E-state index is 8.69. The van der Waals surface area contributed by atoms with E-state index in [0.29, 0.717) is 11.4 Å². The molecular weight excluding hydrogens is 472 g/mol. The van der Waals surface area contributed by atoms with Crippen LogP contribution in [0.1, 0.15) is 61.4 Å². The standard InChI is InChI=1S/C21H23N2.Ir/c1-15(2)18-11-8-12-19(16(3)4)20(18)23-14-13-22-21(23)17-9-6-5-7-10-17;/h5-9,11-16H,1-4H3;/q-1;/i1D3,3D3,15D,16D;. The van der Waals surface area contributed by atoms with E-state index < -0.39 is 25.5 Å². The molecule has 1 aromatic heterocycles. The van der Waals surface area contributed by atoms with Crippen LogP contribution in [0.4, 0.5) is 0 Å². The van der Waals surface area contributed by atoms with Crippen LogP contribution in [0.5, 0.6) is 0 Å². The summed E-state index contributed by atoms with van der Waals surface area (Å²) in [5, 5.41) is 0. The van der Waals surface area contributed by atoms with Crippen molar-refractivity contribution in [1.29, 1.82) is 0 Å². The molecule has 24 heavy (non-hydrogen) atoms. The Morgan fingerprint density at radius 3 is 2.38 bits per heavy atom. The van der Waals surface area contributed by atoms with E-state index in [0.717, 1.165) is 0 Å². The molecule has 3 heteroatoms. The molecule has 2 unspecified atom stereocenters. The van der Waals surface area contributed by atoms with Crippen molar-refractivity contribution in [1.82, 2.24) is 9.55 Å². The number of rotatable bonds is 4. The first-order valence-electron chi connectivity index (χ1n) is 11.3. The molecule has 3 aromatic rings. The topological polar surface area (TPSA) is 17.8 Å². The molecule has 0 saturated heterocycles. The monoisotopic (exact) mass is 504 g/mol. The van der Waals surface area contributed by atoms with Crippen LogP contribution in [-0.4, -0.2) is 9.55 Å². The summed E-state index contributed by atoms with van der Waals surface area (Å²) in [7, 11) is 0. The first kappa shape index (κ1) is 10.3. The van der Waals surface area contributed by atoms with Crippen molar-refractivity contribution in [2.24, 2.45) is 0 Å². The van der Waals surface area contributed by atoms with Crippen molar-refractivity contribution in [2.45, 2.75) is 39.3 Å². The first-order chi connectivity index (χ1) is 14.2. The molecule has 0 fully saturated rings. The summed E-state index contributed by atoms with van der Waals surface area (Å²) in [6, 6.07) is 14.6. The normalized spacial score (nSPS) is 21.8. The molecule has 127 valence electrons. The third-order valence-electron chi connectivity index (χ3n) is 3.68. The van der Waals surface area contributed by atoms with Gasteiger partial charge in [0.15, 0.2) is 0 Å². The SMILES string of the molecule is [2H]C([2H])([2H])C([2H])(C)c1cccc(C([2H])(C)C([2H])([2H])[2H])c1-n1ccnc1-c1[c-]cccc1.[Ir]. The Labute approximate surface area is 169 Å². The summed E-state index contributed by atoms with van der Waals surface area (Å²) in [4.78, 5) is 4.36. The molecule has 0 amide bonds. The summed E-state index contributed by atoms with van der Waals surface area (Å²) in [5.41, 5.74) is 0.940. The second-order valence-electron chi connectivity index (χ2n) is 5.35. The zero-order chi connectivity index (χ0) is 23.2. The second-order valence-corrected chi connectivity index (χ2v) is 5.35. The van der Waals surface area contributed by atoms with Gasteiger partial charge in [-0.05, 0) is 22.9 Å². The van der Waals surface area contributed by atoms with Crippen LogP contribution in [0.2, 0.25) is 0 Å². The molecule has 2 atom stereocenters. The number of benzene rings is 2. The fourth-order valence-corrected chi connectivity index (χ4v) is 2.62. The Morgan fingerprint density at radius 1 is 1.08 bits per heavy atom. The quantitative estimate of drug-likeness (QED) is 0.425. The number of nitrogens with zero attached hydrogens (tertiary/aromatic N) is 2. The molecule has 2 aromatic carbocycles. The van der Waals surface area contributed by atoms with Crippen molar-refractivity contribution < 1.29 is 31.1 Å². The molecule has 0 aliphatic rings. The smallest absolute Gasteiger partial charge is 0.0602 e. The van der Waals surface area contributed by atoms with E-state index in [1.54, 1.807) is 35.0 Å². The van der Waals surface area contributed by atoms with E-state index in [1.807, 2.05) is 0 Å². The zero-order valence-electron chi connectivity index (χ0n) is 21.4. The van der Waals surface area contributed by atoms with Crippen molar-refractivity contribution in [3.05, 3.63) is 72.1 Å². The predicted molar refractivity (Wildman–Crippen MR) is 96.0 cm³/mol. The fourth-order valence-electron chi connectivity index (χ4n) is 2.62. The summed E-state index contributed by atoms with van der Waals surface area (Å²) in [5.74, 6) is -3.73. The molecule has 0 spiro atoms. The summed E-state index contributed by atoms with van der Waals surface area (Å²) in [6.07, 6.45) is 3.08. The van der Waals surface area contributed by atoms with E-state index in [9.17, 15) is 0 Å². The van der Waals surface area contributed by atoms with Crippen LogP contribution < -0.4 is 0 Å². The van der Waals surface area contributed by atoms with E-state index in [4.69, 9.17) is 11.0 Å². The number of para-hydroxylation sites is 1. The molecule has 3 rings (SSSR count). The van der Waals surface area contributed by atoms with Crippen LogP contribution in [-0.2, 0) is 20.1 Å². The van der Waals surface area contributed by atoms with Gasteiger partial charge in [0, 0.05) is 49.2 Å². The van der Waals surface area contributed by atoms with Gasteiger partial charge in [-0.25, -0.2) is 0 Å². The van der Waals surface area contributed by atoms with Crippen LogP contribution in [0, 0.1) is 6.07 Å². The van der Waals surface area contributed by atoms with Crippen LogP contribution in [0.25, 0.3) is 17.1 Å². The van der Waals surface area contributed by atoms with Crippen molar-refractivity contribution >= 4 is 0 Å². The average Bonchev–Trinajstić information content (AvgIpc) is 3.15. The molecule has 1 heterocycles. The van der Waals surface area contributed by atoms with E-state index in [-0.39, 0.29) is 36.9 Å². The predicted octanol–water partition coefficient (Wildman–Crippen LogP) is 5.58. The van der Waals surface area contributed by atoms with Crippen LogP contribution >= 0.6 is 0 Å². The number of hydrogen-bond acceptors (Lipinski definition) is 1. The van der Waals surface area contributed by atoms with E-state index in [2.05, 4.69) is 11.1 Å². The molecule has 0 aliphatic carbocycles. The molecule has 0 bridgehead atoms.